The Morgan fingerprint density at radius 2 is 1.86 bits per heavy atom. The molecule has 1 unspecified atom stereocenters. The SMILES string of the molecule is CCN1c2cc(C)c(/C=C3\SC(=O)N(CC(=O)Nc4ccc(C)cc4)C3=O)cc2C(C)CC1(C)C. The summed E-state index contributed by atoms with van der Waals surface area (Å²) < 4.78 is 0. The Morgan fingerprint density at radius 1 is 1.17 bits per heavy atom. The minimum Gasteiger partial charge on any atom is -0.366 e. The number of anilines is 2. The number of fused-ring (bicyclic) bond motifs is 1. The number of rotatable bonds is 5. The van der Waals surface area contributed by atoms with E-state index in [1.54, 1.807) is 18.2 Å². The first-order valence-electron chi connectivity index (χ1n) is 12.0. The number of aryl methyl sites for hydroxylation is 2. The molecular formula is C28H33N3O3S. The Hall–Kier alpha value is -3.06. The molecule has 0 aromatic heterocycles. The van der Waals surface area contributed by atoms with Crippen molar-refractivity contribution in [1.82, 2.24) is 4.90 Å². The van der Waals surface area contributed by atoms with E-state index in [2.05, 4.69) is 50.0 Å². The van der Waals surface area contributed by atoms with Gasteiger partial charge in [0.1, 0.15) is 6.54 Å². The summed E-state index contributed by atoms with van der Waals surface area (Å²) in [6.07, 6.45) is 2.84. The Bertz CT molecular complexity index is 1220. The molecule has 35 heavy (non-hydrogen) atoms. The van der Waals surface area contributed by atoms with Crippen LogP contribution < -0.4 is 10.2 Å². The maximum Gasteiger partial charge on any atom is 0.294 e. The van der Waals surface area contributed by atoms with E-state index in [1.165, 1.54) is 11.3 Å². The summed E-state index contributed by atoms with van der Waals surface area (Å²) in [4.78, 5) is 41.9. The molecule has 0 radical (unpaired) electrons. The van der Waals surface area contributed by atoms with Crippen molar-refractivity contribution in [3.05, 3.63) is 63.6 Å². The zero-order valence-electron chi connectivity index (χ0n) is 21.3. The van der Waals surface area contributed by atoms with E-state index in [0.29, 0.717) is 16.5 Å². The maximum absolute atomic E-state index is 13.0. The third-order valence-corrected chi connectivity index (χ3v) is 7.79. The average molecular weight is 492 g/mol. The largest absolute Gasteiger partial charge is 0.366 e. The lowest BCUT2D eigenvalue weighted by atomic mass is 9.79. The first-order valence-corrected chi connectivity index (χ1v) is 12.9. The number of thioether (sulfide) groups is 1. The minimum absolute atomic E-state index is 0.0803. The molecule has 184 valence electrons. The molecule has 2 heterocycles. The first kappa shape index (κ1) is 25.0. The molecule has 0 aliphatic carbocycles. The number of hydrogen-bond acceptors (Lipinski definition) is 5. The van der Waals surface area contributed by atoms with Crippen molar-refractivity contribution in [2.24, 2.45) is 0 Å². The number of nitrogens with one attached hydrogen (secondary N) is 1. The monoisotopic (exact) mass is 491 g/mol. The van der Waals surface area contributed by atoms with Gasteiger partial charge in [-0.1, -0.05) is 24.6 Å². The van der Waals surface area contributed by atoms with Crippen LogP contribution in [0.5, 0.6) is 0 Å². The van der Waals surface area contributed by atoms with Crippen molar-refractivity contribution >= 4 is 46.3 Å². The lowest BCUT2D eigenvalue weighted by Crippen LogP contribution is -2.48. The van der Waals surface area contributed by atoms with Gasteiger partial charge in [0, 0.05) is 23.5 Å². The molecule has 2 aromatic rings. The Kier molecular flexibility index (Phi) is 6.82. The highest BCUT2D eigenvalue weighted by atomic mass is 32.2. The minimum atomic E-state index is -0.430. The molecule has 6 nitrogen and oxygen atoms in total. The predicted octanol–water partition coefficient (Wildman–Crippen LogP) is 6.09. The number of amides is 3. The molecule has 1 saturated heterocycles. The molecule has 0 saturated carbocycles. The second-order valence-corrected chi connectivity index (χ2v) is 11.1. The summed E-state index contributed by atoms with van der Waals surface area (Å²) in [6.45, 7) is 13.6. The molecule has 0 bridgehead atoms. The van der Waals surface area contributed by atoms with Gasteiger partial charge in [-0.15, -0.1) is 0 Å². The van der Waals surface area contributed by atoms with E-state index in [0.717, 1.165) is 46.3 Å². The Labute approximate surface area is 211 Å². The van der Waals surface area contributed by atoms with Crippen molar-refractivity contribution in [1.29, 1.82) is 0 Å². The smallest absolute Gasteiger partial charge is 0.294 e. The molecule has 1 N–H and O–H groups in total. The number of carbonyl (C=O) groups excluding carboxylic acids is 3. The quantitative estimate of drug-likeness (QED) is 0.513. The summed E-state index contributed by atoms with van der Waals surface area (Å²) in [5.74, 6) is -0.449. The van der Waals surface area contributed by atoms with Gasteiger partial charge in [0.25, 0.3) is 11.1 Å². The van der Waals surface area contributed by atoms with Gasteiger partial charge in [-0.05, 0) is 106 Å². The summed E-state index contributed by atoms with van der Waals surface area (Å²) >= 11 is 0.887. The molecular weight excluding hydrogens is 458 g/mol. The van der Waals surface area contributed by atoms with Crippen molar-refractivity contribution in [3.63, 3.8) is 0 Å². The third-order valence-electron chi connectivity index (χ3n) is 6.89. The fraction of sp³-hybridized carbons (Fsp3) is 0.393. The van der Waals surface area contributed by atoms with E-state index >= 15 is 0 Å². The van der Waals surface area contributed by atoms with Crippen molar-refractivity contribution in [2.45, 2.75) is 59.4 Å². The van der Waals surface area contributed by atoms with Crippen LogP contribution in [0.25, 0.3) is 6.08 Å². The molecule has 2 aliphatic heterocycles. The average Bonchev–Trinajstić information content (AvgIpc) is 3.03. The number of nitrogens with zero attached hydrogens (tertiary/aromatic N) is 2. The van der Waals surface area contributed by atoms with Crippen LogP contribution in [0.2, 0.25) is 0 Å². The Balaban J connectivity index is 1.55. The second-order valence-electron chi connectivity index (χ2n) is 10.1. The fourth-order valence-corrected chi connectivity index (χ4v) is 5.99. The summed E-state index contributed by atoms with van der Waals surface area (Å²) in [5.41, 5.74) is 6.28. The molecule has 1 fully saturated rings. The first-order chi connectivity index (χ1) is 16.5. The van der Waals surface area contributed by atoms with Crippen LogP contribution in [-0.2, 0) is 9.59 Å². The zero-order chi connectivity index (χ0) is 25.5. The summed E-state index contributed by atoms with van der Waals surface area (Å²) in [7, 11) is 0. The van der Waals surface area contributed by atoms with Gasteiger partial charge >= 0.3 is 0 Å². The van der Waals surface area contributed by atoms with Gasteiger partial charge in [-0.2, -0.15) is 0 Å². The van der Waals surface area contributed by atoms with Crippen LogP contribution in [0.15, 0.2) is 41.3 Å². The molecule has 1 atom stereocenters. The van der Waals surface area contributed by atoms with Crippen LogP contribution in [0.3, 0.4) is 0 Å². The van der Waals surface area contributed by atoms with Crippen LogP contribution in [0.4, 0.5) is 16.2 Å². The highest BCUT2D eigenvalue weighted by Gasteiger charge is 2.38. The number of carbonyl (C=O) groups is 3. The lowest BCUT2D eigenvalue weighted by Gasteiger charge is -2.47. The number of benzene rings is 2. The van der Waals surface area contributed by atoms with Crippen molar-refractivity contribution in [2.75, 3.05) is 23.3 Å². The molecule has 3 amide bonds. The molecule has 2 aromatic carbocycles. The van der Waals surface area contributed by atoms with E-state index in [-0.39, 0.29) is 12.1 Å². The maximum atomic E-state index is 13.0. The molecule has 0 spiro atoms. The fourth-order valence-electron chi connectivity index (χ4n) is 5.16. The standard InChI is InChI=1S/C28H33N3O3S/c1-7-31-23-12-18(3)20(13-22(23)19(4)15-28(31,5)6)14-24-26(33)30(27(34)35-24)16-25(32)29-21-10-8-17(2)9-11-21/h8-14,19H,7,15-16H2,1-6H3,(H,29,32)/b24-14-. The highest BCUT2D eigenvalue weighted by molar-refractivity contribution is 8.18. The van der Waals surface area contributed by atoms with E-state index in [9.17, 15) is 14.4 Å². The van der Waals surface area contributed by atoms with Crippen molar-refractivity contribution in [3.8, 4) is 0 Å². The highest BCUT2D eigenvalue weighted by Crippen LogP contribution is 2.45. The number of hydrogen-bond donors (Lipinski definition) is 1. The van der Waals surface area contributed by atoms with Gasteiger partial charge in [-0.25, -0.2) is 0 Å². The van der Waals surface area contributed by atoms with E-state index < -0.39 is 17.1 Å². The van der Waals surface area contributed by atoms with E-state index in [4.69, 9.17) is 0 Å². The molecule has 7 heteroatoms. The van der Waals surface area contributed by atoms with Crippen LogP contribution in [0, 0.1) is 13.8 Å². The zero-order valence-corrected chi connectivity index (χ0v) is 22.1. The molecule has 4 rings (SSSR count). The van der Waals surface area contributed by atoms with Crippen LogP contribution in [-0.4, -0.2) is 40.6 Å². The topological polar surface area (TPSA) is 69.7 Å². The van der Waals surface area contributed by atoms with Crippen LogP contribution >= 0.6 is 11.8 Å². The van der Waals surface area contributed by atoms with Gasteiger partial charge < -0.3 is 10.2 Å². The van der Waals surface area contributed by atoms with E-state index in [1.807, 2.05) is 26.0 Å². The Morgan fingerprint density at radius 3 is 2.51 bits per heavy atom. The lowest BCUT2D eigenvalue weighted by molar-refractivity contribution is -0.127. The van der Waals surface area contributed by atoms with Gasteiger partial charge in [0.2, 0.25) is 5.91 Å². The molecule has 2 aliphatic rings. The van der Waals surface area contributed by atoms with Gasteiger partial charge in [0.15, 0.2) is 0 Å². The van der Waals surface area contributed by atoms with Crippen LogP contribution in [0.1, 0.15) is 62.3 Å². The third kappa shape index (κ3) is 5.01. The van der Waals surface area contributed by atoms with Gasteiger partial charge in [0.05, 0.1) is 4.91 Å². The predicted molar refractivity (Wildman–Crippen MR) is 144 cm³/mol. The van der Waals surface area contributed by atoms with Crippen molar-refractivity contribution < 1.29 is 14.4 Å². The summed E-state index contributed by atoms with van der Waals surface area (Å²) in [5, 5.41) is 2.32. The number of imide groups is 1. The normalized spacial score (nSPS) is 20.4. The van der Waals surface area contributed by atoms with Gasteiger partial charge in [-0.3, -0.25) is 19.3 Å². The second kappa shape index (κ2) is 9.53. The summed E-state index contributed by atoms with van der Waals surface area (Å²) in [6, 6.07) is 11.7.